The molecule has 0 bridgehead atoms. The van der Waals surface area contributed by atoms with Crippen LogP contribution in [0.2, 0.25) is 0 Å². The molecule has 0 atom stereocenters. The van der Waals surface area contributed by atoms with Crippen LogP contribution in [0.25, 0.3) is 5.69 Å². The van der Waals surface area contributed by atoms with E-state index < -0.39 is 0 Å². The summed E-state index contributed by atoms with van der Waals surface area (Å²) in [6, 6.07) is 16.6. The monoisotopic (exact) mass is 263 g/mol. The van der Waals surface area contributed by atoms with Crippen LogP contribution in [0.4, 0.5) is 5.69 Å². The minimum atomic E-state index is 0.780. The minimum absolute atomic E-state index is 0.780. The summed E-state index contributed by atoms with van der Waals surface area (Å²) >= 11 is 0. The highest BCUT2D eigenvalue weighted by Crippen LogP contribution is 2.15. The molecule has 1 N–H and O–H groups in total. The van der Waals surface area contributed by atoms with E-state index >= 15 is 0 Å². The Hall–Kier alpha value is -2.55. The van der Waals surface area contributed by atoms with E-state index in [1.165, 1.54) is 5.56 Å². The van der Waals surface area contributed by atoms with Gasteiger partial charge in [0, 0.05) is 42.2 Å². The van der Waals surface area contributed by atoms with E-state index in [2.05, 4.69) is 45.2 Å². The zero-order chi connectivity index (χ0) is 13.8. The Labute approximate surface area is 118 Å². The minimum Gasteiger partial charge on any atom is -0.381 e. The van der Waals surface area contributed by atoms with Crippen molar-refractivity contribution in [2.45, 2.75) is 13.5 Å². The van der Waals surface area contributed by atoms with Crippen LogP contribution in [0.15, 0.2) is 67.1 Å². The van der Waals surface area contributed by atoms with Gasteiger partial charge in [0.1, 0.15) is 0 Å². The van der Waals surface area contributed by atoms with E-state index in [-0.39, 0.29) is 0 Å². The number of benzene rings is 1. The van der Waals surface area contributed by atoms with Gasteiger partial charge in [-0.1, -0.05) is 12.1 Å². The number of nitrogens with zero attached hydrogens (tertiary/aromatic N) is 2. The zero-order valence-electron chi connectivity index (χ0n) is 11.5. The van der Waals surface area contributed by atoms with Crippen LogP contribution in [0.1, 0.15) is 11.3 Å². The van der Waals surface area contributed by atoms with Crippen LogP contribution >= 0.6 is 0 Å². The molecule has 3 aromatic rings. The lowest BCUT2D eigenvalue weighted by atomic mass is 10.2. The molecule has 3 rings (SSSR count). The molecule has 0 radical (unpaired) electrons. The SMILES string of the molecule is Cc1ccc(CNc2cccc(-n3cccc3)c2)cn1. The first-order chi connectivity index (χ1) is 9.81. The summed E-state index contributed by atoms with van der Waals surface area (Å²) in [5.41, 5.74) is 4.49. The van der Waals surface area contributed by atoms with Crippen molar-refractivity contribution in [1.82, 2.24) is 9.55 Å². The van der Waals surface area contributed by atoms with Crippen molar-refractivity contribution in [2.75, 3.05) is 5.32 Å². The van der Waals surface area contributed by atoms with Gasteiger partial charge in [-0.15, -0.1) is 0 Å². The number of hydrogen-bond acceptors (Lipinski definition) is 2. The van der Waals surface area contributed by atoms with Crippen LogP contribution in [-0.2, 0) is 6.54 Å². The van der Waals surface area contributed by atoms with E-state index in [0.717, 1.165) is 23.6 Å². The molecule has 0 aliphatic rings. The van der Waals surface area contributed by atoms with Crippen LogP contribution in [0, 0.1) is 6.92 Å². The molecule has 1 aromatic carbocycles. The van der Waals surface area contributed by atoms with Gasteiger partial charge in [-0.3, -0.25) is 4.98 Å². The molecule has 0 saturated heterocycles. The van der Waals surface area contributed by atoms with Crippen LogP contribution in [-0.4, -0.2) is 9.55 Å². The molecule has 2 heterocycles. The second-order valence-corrected chi connectivity index (χ2v) is 4.80. The highest BCUT2D eigenvalue weighted by molar-refractivity contribution is 5.51. The number of aromatic nitrogens is 2. The largest absolute Gasteiger partial charge is 0.381 e. The normalized spacial score (nSPS) is 10.4. The maximum atomic E-state index is 4.31. The number of hydrogen-bond donors (Lipinski definition) is 1. The quantitative estimate of drug-likeness (QED) is 0.776. The van der Waals surface area contributed by atoms with Gasteiger partial charge in [0.05, 0.1) is 0 Å². The van der Waals surface area contributed by atoms with Gasteiger partial charge >= 0.3 is 0 Å². The highest BCUT2D eigenvalue weighted by Gasteiger charge is 1.98. The second-order valence-electron chi connectivity index (χ2n) is 4.80. The predicted molar refractivity (Wildman–Crippen MR) is 82.1 cm³/mol. The molecule has 0 amide bonds. The fraction of sp³-hybridized carbons (Fsp3) is 0.118. The highest BCUT2D eigenvalue weighted by atomic mass is 14.9. The standard InChI is InChI=1S/C17H17N3/c1-14-7-8-15(12-18-14)13-19-16-5-4-6-17(11-16)20-9-2-3-10-20/h2-12,19H,13H2,1H3. The summed E-state index contributed by atoms with van der Waals surface area (Å²) in [6.07, 6.45) is 6.00. The molecule has 0 unspecified atom stereocenters. The fourth-order valence-electron chi connectivity index (χ4n) is 2.09. The molecule has 0 fully saturated rings. The molecule has 100 valence electrons. The number of pyridine rings is 1. The third-order valence-corrected chi connectivity index (χ3v) is 3.22. The maximum Gasteiger partial charge on any atom is 0.0469 e. The third kappa shape index (κ3) is 2.88. The molecule has 0 spiro atoms. The van der Waals surface area contributed by atoms with E-state index in [9.17, 15) is 0 Å². The summed E-state index contributed by atoms with van der Waals surface area (Å²) in [7, 11) is 0. The van der Waals surface area contributed by atoms with Gasteiger partial charge in [0.2, 0.25) is 0 Å². The lowest BCUT2D eigenvalue weighted by Gasteiger charge is -2.09. The Morgan fingerprint density at radius 3 is 2.65 bits per heavy atom. The summed E-state index contributed by atoms with van der Waals surface area (Å²) in [5, 5.41) is 3.43. The van der Waals surface area contributed by atoms with Gasteiger partial charge in [-0.05, 0) is 48.9 Å². The number of anilines is 1. The lowest BCUT2D eigenvalue weighted by molar-refractivity contribution is 1.07. The summed E-state index contributed by atoms with van der Waals surface area (Å²) in [6.45, 7) is 2.78. The van der Waals surface area contributed by atoms with E-state index in [1.807, 2.05) is 43.7 Å². The van der Waals surface area contributed by atoms with Gasteiger partial charge < -0.3 is 9.88 Å². The molecule has 3 nitrogen and oxygen atoms in total. The number of rotatable bonds is 4. The van der Waals surface area contributed by atoms with Crippen molar-refractivity contribution < 1.29 is 0 Å². The van der Waals surface area contributed by atoms with Crippen LogP contribution in [0.5, 0.6) is 0 Å². The van der Waals surface area contributed by atoms with E-state index in [4.69, 9.17) is 0 Å². The summed E-state index contributed by atoms with van der Waals surface area (Å²) in [5.74, 6) is 0. The molecular weight excluding hydrogens is 246 g/mol. The number of nitrogens with one attached hydrogen (secondary N) is 1. The molecule has 0 saturated carbocycles. The van der Waals surface area contributed by atoms with Crippen LogP contribution < -0.4 is 5.32 Å². The van der Waals surface area contributed by atoms with Crippen molar-refractivity contribution in [3.63, 3.8) is 0 Å². The Kier molecular flexibility index (Phi) is 3.50. The smallest absolute Gasteiger partial charge is 0.0469 e. The molecule has 0 aliphatic heterocycles. The first-order valence-corrected chi connectivity index (χ1v) is 6.70. The lowest BCUT2D eigenvalue weighted by Crippen LogP contribution is -2.01. The predicted octanol–water partition coefficient (Wildman–Crippen LogP) is 3.79. The fourth-order valence-corrected chi connectivity index (χ4v) is 2.09. The molecular formula is C17H17N3. The molecule has 2 aromatic heterocycles. The van der Waals surface area contributed by atoms with Crippen molar-refractivity contribution >= 4 is 5.69 Å². The zero-order valence-corrected chi connectivity index (χ0v) is 11.5. The van der Waals surface area contributed by atoms with Crippen LogP contribution in [0.3, 0.4) is 0 Å². The average molecular weight is 263 g/mol. The van der Waals surface area contributed by atoms with Gasteiger partial charge in [-0.25, -0.2) is 0 Å². The van der Waals surface area contributed by atoms with Gasteiger partial charge in [0.15, 0.2) is 0 Å². The van der Waals surface area contributed by atoms with Crippen molar-refractivity contribution in [2.24, 2.45) is 0 Å². The second kappa shape index (κ2) is 5.61. The van der Waals surface area contributed by atoms with Gasteiger partial charge in [-0.2, -0.15) is 0 Å². The van der Waals surface area contributed by atoms with Crippen molar-refractivity contribution in [3.8, 4) is 5.69 Å². The third-order valence-electron chi connectivity index (χ3n) is 3.22. The van der Waals surface area contributed by atoms with E-state index in [1.54, 1.807) is 0 Å². The first kappa shape index (κ1) is 12.5. The Morgan fingerprint density at radius 1 is 1.05 bits per heavy atom. The topological polar surface area (TPSA) is 29.9 Å². The molecule has 0 aliphatic carbocycles. The summed E-state index contributed by atoms with van der Waals surface area (Å²) in [4.78, 5) is 4.31. The Morgan fingerprint density at radius 2 is 1.90 bits per heavy atom. The Balaban J connectivity index is 1.72. The van der Waals surface area contributed by atoms with Crippen molar-refractivity contribution in [3.05, 3.63) is 78.4 Å². The molecule has 3 heteroatoms. The average Bonchev–Trinajstić information content (AvgIpc) is 3.01. The Bertz CT molecular complexity index is 670. The first-order valence-electron chi connectivity index (χ1n) is 6.70. The maximum absolute atomic E-state index is 4.31. The molecule has 20 heavy (non-hydrogen) atoms. The van der Waals surface area contributed by atoms with Gasteiger partial charge in [0.25, 0.3) is 0 Å². The van der Waals surface area contributed by atoms with Crippen molar-refractivity contribution in [1.29, 1.82) is 0 Å². The summed E-state index contributed by atoms with van der Waals surface area (Å²) < 4.78 is 2.10. The number of aryl methyl sites for hydroxylation is 1. The van der Waals surface area contributed by atoms with E-state index in [0.29, 0.717) is 0 Å².